The number of carbonyl (C=O) groups excluding carboxylic acids is 1. The Morgan fingerprint density at radius 3 is 2.21 bits per heavy atom. The predicted molar refractivity (Wildman–Crippen MR) is 80.4 cm³/mol. The van der Waals surface area contributed by atoms with E-state index in [0.29, 0.717) is 6.04 Å². The van der Waals surface area contributed by atoms with Crippen molar-refractivity contribution in [3.8, 4) is 0 Å². The average Bonchev–Trinajstić information content (AvgIpc) is 2.92. The smallest absolute Gasteiger partial charge is 0.317 e. The summed E-state index contributed by atoms with van der Waals surface area (Å²) in [5.41, 5.74) is 0. The molecule has 0 unspecified atom stereocenters. The molecule has 0 heterocycles. The Bertz CT molecular complexity index is 248. The van der Waals surface area contributed by atoms with Crippen molar-refractivity contribution in [1.82, 2.24) is 15.1 Å². The van der Waals surface area contributed by atoms with Crippen LogP contribution >= 0.6 is 0 Å². The van der Waals surface area contributed by atoms with Crippen LogP contribution in [0.2, 0.25) is 0 Å². The van der Waals surface area contributed by atoms with Gasteiger partial charge in [0.2, 0.25) is 0 Å². The molecule has 0 spiro atoms. The molecule has 0 aromatic heterocycles. The first-order chi connectivity index (χ1) is 9.21. The standard InChI is InChI=1S/C15H31N3O/c1-4-17(5-2)12-9-13-18(6-3)15(19)16-14-10-7-8-11-14/h14H,4-13H2,1-3H3,(H,16,19). The molecule has 1 N–H and O–H groups in total. The first-order valence-corrected chi connectivity index (χ1v) is 7.99. The SMILES string of the molecule is CCN(CC)CCCN(CC)C(=O)NC1CCCC1. The molecule has 0 saturated heterocycles. The maximum Gasteiger partial charge on any atom is 0.317 e. The van der Waals surface area contributed by atoms with Crippen molar-refractivity contribution in [2.75, 3.05) is 32.7 Å². The molecule has 112 valence electrons. The molecule has 4 nitrogen and oxygen atoms in total. The Labute approximate surface area is 118 Å². The molecule has 1 rings (SSSR count). The lowest BCUT2D eigenvalue weighted by molar-refractivity contribution is 0.191. The van der Waals surface area contributed by atoms with Gasteiger partial charge in [0.15, 0.2) is 0 Å². The van der Waals surface area contributed by atoms with Crippen LogP contribution in [0.5, 0.6) is 0 Å². The second kappa shape index (κ2) is 9.18. The van der Waals surface area contributed by atoms with Crippen LogP contribution in [0.25, 0.3) is 0 Å². The lowest BCUT2D eigenvalue weighted by Crippen LogP contribution is -2.44. The van der Waals surface area contributed by atoms with E-state index >= 15 is 0 Å². The van der Waals surface area contributed by atoms with E-state index in [-0.39, 0.29) is 6.03 Å². The highest BCUT2D eigenvalue weighted by molar-refractivity contribution is 5.74. The fourth-order valence-corrected chi connectivity index (χ4v) is 2.76. The van der Waals surface area contributed by atoms with Crippen LogP contribution in [-0.4, -0.2) is 54.6 Å². The molecule has 1 saturated carbocycles. The second-order valence-electron chi connectivity index (χ2n) is 5.39. The summed E-state index contributed by atoms with van der Waals surface area (Å²) >= 11 is 0. The summed E-state index contributed by atoms with van der Waals surface area (Å²) < 4.78 is 0. The van der Waals surface area contributed by atoms with E-state index in [2.05, 4.69) is 31.0 Å². The van der Waals surface area contributed by atoms with Crippen molar-refractivity contribution in [2.24, 2.45) is 0 Å². The Morgan fingerprint density at radius 2 is 1.68 bits per heavy atom. The van der Waals surface area contributed by atoms with Crippen molar-refractivity contribution >= 4 is 6.03 Å². The molecule has 0 aromatic carbocycles. The van der Waals surface area contributed by atoms with Gasteiger partial charge in [0, 0.05) is 19.1 Å². The van der Waals surface area contributed by atoms with Crippen molar-refractivity contribution in [1.29, 1.82) is 0 Å². The summed E-state index contributed by atoms with van der Waals surface area (Å²) in [6, 6.07) is 0.554. The quantitative estimate of drug-likeness (QED) is 0.735. The van der Waals surface area contributed by atoms with Gasteiger partial charge >= 0.3 is 6.03 Å². The van der Waals surface area contributed by atoms with E-state index in [4.69, 9.17) is 0 Å². The number of hydrogen-bond donors (Lipinski definition) is 1. The van der Waals surface area contributed by atoms with Gasteiger partial charge in [-0.25, -0.2) is 4.79 Å². The Hall–Kier alpha value is -0.770. The lowest BCUT2D eigenvalue weighted by atomic mass is 10.2. The van der Waals surface area contributed by atoms with Crippen molar-refractivity contribution in [2.45, 2.75) is 58.9 Å². The maximum absolute atomic E-state index is 12.1. The van der Waals surface area contributed by atoms with E-state index in [0.717, 1.165) is 52.0 Å². The van der Waals surface area contributed by atoms with Gasteiger partial charge in [0.1, 0.15) is 0 Å². The van der Waals surface area contributed by atoms with Crippen LogP contribution < -0.4 is 5.32 Å². The molecule has 0 bridgehead atoms. The molecule has 0 aliphatic heterocycles. The largest absolute Gasteiger partial charge is 0.335 e. The van der Waals surface area contributed by atoms with Crippen molar-refractivity contribution in [3.05, 3.63) is 0 Å². The monoisotopic (exact) mass is 269 g/mol. The highest BCUT2D eigenvalue weighted by Crippen LogP contribution is 2.17. The first kappa shape index (κ1) is 16.3. The minimum absolute atomic E-state index is 0.133. The molecule has 1 aliphatic rings. The molecule has 0 aromatic rings. The van der Waals surface area contributed by atoms with Crippen LogP contribution in [-0.2, 0) is 0 Å². The van der Waals surface area contributed by atoms with E-state index < -0.39 is 0 Å². The molecule has 1 fully saturated rings. The number of nitrogens with one attached hydrogen (secondary N) is 1. The summed E-state index contributed by atoms with van der Waals surface area (Å²) in [5, 5.41) is 3.17. The fourth-order valence-electron chi connectivity index (χ4n) is 2.76. The van der Waals surface area contributed by atoms with Gasteiger partial charge in [-0.3, -0.25) is 0 Å². The fraction of sp³-hybridized carbons (Fsp3) is 0.933. The minimum atomic E-state index is 0.133. The zero-order valence-electron chi connectivity index (χ0n) is 13.0. The number of amides is 2. The predicted octanol–water partition coefficient (Wildman–Crippen LogP) is 2.69. The maximum atomic E-state index is 12.1. The van der Waals surface area contributed by atoms with E-state index in [1.54, 1.807) is 0 Å². The molecular formula is C15H31N3O. The summed E-state index contributed by atoms with van der Waals surface area (Å²) in [6.45, 7) is 11.4. The molecule has 2 amide bonds. The number of rotatable bonds is 8. The molecule has 4 heteroatoms. The summed E-state index contributed by atoms with van der Waals surface area (Å²) in [7, 11) is 0. The summed E-state index contributed by atoms with van der Waals surface area (Å²) in [6.07, 6.45) is 5.90. The zero-order chi connectivity index (χ0) is 14.1. The van der Waals surface area contributed by atoms with Crippen molar-refractivity contribution < 1.29 is 4.79 Å². The van der Waals surface area contributed by atoms with Crippen LogP contribution in [0.15, 0.2) is 0 Å². The summed E-state index contributed by atoms with van der Waals surface area (Å²) in [4.78, 5) is 16.5. The number of urea groups is 1. The third-order valence-electron chi connectivity index (χ3n) is 4.15. The molecule has 1 aliphatic carbocycles. The third-order valence-corrected chi connectivity index (χ3v) is 4.15. The van der Waals surface area contributed by atoms with Gasteiger partial charge in [0.05, 0.1) is 0 Å². The van der Waals surface area contributed by atoms with Crippen LogP contribution in [0.1, 0.15) is 52.9 Å². The average molecular weight is 269 g/mol. The van der Waals surface area contributed by atoms with E-state index in [1.807, 2.05) is 4.90 Å². The summed E-state index contributed by atoms with van der Waals surface area (Å²) in [5.74, 6) is 0. The van der Waals surface area contributed by atoms with Crippen molar-refractivity contribution in [3.63, 3.8) is 0 Å². The molecule has 0 atom stereocenters. The molecule has 19 heavy (non-hydrogen) atoms. The minimum Gasteiger partial charge on any atom is -0.335 e. The van der Waals surface area contributed by atoms with Crippen LogP contribution in [0, 0.1) is 0 Å². The van der Waals surface area contributed by atoms with Gasteiger partial charge in [0.25, 0.3) is 0 Å². The Kier molecular flexibility index (Phi) is 7.87. The van der Waals surface area contributed by atoms with Gasteiger partial charge in [-0.05, 0) is 45.8 Å². The normalized spacial score (nSPS) is 16.0. The highest BCUT2D eigenvalue weighted by atomic mass is 16.2. The first-order valence-electron chi connectivity index (χ1n) is 7.99. The molecule has 0 radical (unpaired) electrons. The zero-order valence-corrected chi connectivity index (χ0v) is 13.0. The molecular weight excluding hydrogens is 238 g/mol. The topological polar surface area (TPSA) is 35.6 Å². The van der Waals surface area contributed by atoms with Crippen LogP contribution in [0.4, 0.5) is 4.79 Å². The van der Waals surface area contributed by atoms with Gasteiger partial charge in [-0.15, -0.1) is 0 Å². The number of carbonyl (C=O) groups is 1. The van der Waals surface area contributed by atoms with E-state index in [1.165, 1.54) is 12.8 Å². The number of hydrogen-bond acceptors (Lipinski definition) is 2. The Morgan fingerprint density at radius 1 is 1.05 bits per heavy atom. The van der Waals surface area contributed by atoms with Crippen LogP contribution in [0.3, 0.4) is 0 Å². The lowest BCUT2D eigenvalue weighted by Gasteiger charge is -2.25. The van der Waals surface area contributed by atoms with E-state index in [9.17, 15) is 4.79 Å². The second-order valence-corrected chi connectivity index (χ2v) is 5.39. The third kappa shape index (κ3) is 5.81. The van der Waals surface area contributed by atoms with Gasteiger partial charge < -0.3 is 15.1 Å². The van der Waals surface area contributed by atoms with Gasteiger partial charge in [-0.1, -0.05) is 26.7 Å². The highest BCUT2D eigenvalue weighted by Gasteiger charge is 2.19. The Balaban J connectivity index is 2.25. The van der Waals surface area contributed by atoms with Gasteiger partial charge in [-0.2, -0.15) is 0 Å². The number of nitrogens with zero attached hydrogens (tertiary/aromatic N) is 2.